The quantitative estimate of drug-likeness (QED) is 0.631. The summed E-state index contributed by atoms with van der Waals surface area (Å²) in [6, 6.07) is -0.323. The SMILES string of the molecule is CN(C)[C@H]1[C@H](O)[C@H](n2cnc3c(N)ncnc32)O[C@@H]1CO. The molecule has 4 atom stereocenters. The predicted molar refractivity (Wildman–Crippen MR) is 74.2 cm³/mol. The summed E-state index contributed by atoms with van der Waals surface area (Å²) in [6.45, 7) is -0.180. The zero-order valence-corrected chi connectivity index (χ0v) is 11.8. The Balaban J connectivity index is 2.01. The summed E-state index contributed by atoms with van der Waals surface area (Å²) < 4.78 is 7.38. The molecule has 114 valence electrons. The number of nitrogens with zero attached hydrogens (tertiary/aromatic N) is 5. The van der Waals surface area contributed by atoms with E-state index in [1.165, 1.54) is 12.7 Å². The van der Waals surface area contributed by atoms with E-state index in [0.29, 0.717) is 11.2 Å². The van der Waals surface area contributed by atoms with Crippen LogP contribution in [0.3, 0.4) is 0 Å². The van der Waals surface area contributed by atoms with Crippen LogP contribution < -0.4 is 5.73 Å². The lowest BCUT2D eigenvalue weighted by Crippen LogP contribution is -2.44. The van der Waals surface area contributed by atoms with Crippen molar-refractivity contribution in [3.63, 3.8) is 0 Å². The first kappa shape index (κ1) is 14.1. The van der Waals surface area contributed by atoms with Crippen molar-refractivity contribution >= 4 is 17.0 Å². The molecule has 4 N–H and O–H groups in total. The molecule has 1 aliphatic heterocycles. The highest BCUT2D eigenvalue weighted by molar-refractivity contribution is 5.81. The third-order valence-electron chi connectivity index (χ3n) is 3.77. The van der Waals surface area contributed by atoms with Gasteiger partial charge in [-0.2, -0.15) is 0 Å². The van der Waals surface area contributed by atoms with E-state index in [2.05, 4.69) is 15.0 Å². The molecule has 0 amide bonds. The Labute approximate surface area is 121 Å². The minimum Gasteiger partial charge on any atom is -0.394 e. The van der Waals surface area contributed by atoms with Gasteiger partial charge in [0.25, 0.3) is 0 Å². The molecule has 21 heavy (non-hydrogen) atoms. The summed E-state index contributed by atoms with van der Waals surface area (Å²) in [7, 11) is 3.66. The molecule has 0 saturated carbocycles. The van der Waals surface area contributed by atoms with E-state index in [0.717, 1.165) is 0 Å². The molecule has 0 aromatic carbocycles. The van der Waals surface area contributed by atoms with Gasteiger partial charge in [0.1, 0.15) is 24.1 Å². The molecule has 0 radical (unpaired) electrons. The van der Waals surface area contributed by atoms with Gasteiger partial charge in [0, 0.05) is 0 Å². The third-order valence-corrected chi connectivity index (χ3v) is 3.77. The van der Waals surface area contributed by atoms with E-state index in [1.54, 1.807) is 4.57 Å². The maximum atomic E-state index is 10.5. The van der Waals surface area contributed by atoms with Crippen molar-refractivity contribution in [3.05, 3.63) is 12.7 Å². The third kappa shape index (κ3) is 2.14. The van der Waals surface area contributed by atoms with Gasteiger partial charge in [-0.05, 0) is 14.1 Å². The summed E-state index contributed by atoms with van der Waals surface area (Å²) in [4.78, 5) is 14.0. The van der Waals surface area contributed by atoms with Crippen molar-refractivity contribution in [1.82, 2.24) is 24.4 Å². The van der Waals surface area contributed by atoms with Crippen LogP contribution in [0.4, 0.5) is 5.82 Å². The Morgan fingerprint density at radius 2 is 2.14 bits per heavy atom. The monoisotopic (exact) mass is 294 g/mol. The number of aliphatic hydroxyl groups excluding tert-OH is 2. The van der Waals surface area contributed by atoms with E-state index in [4.69, 9.17) is 10.5 Å². The number of nitrogens with two attached hydrogens (primary N) is 1. The Bertz CT molecular complexity index is 645. The van der Waals surface area contributed by atoms with Crippen molar-refractivity contribution < 1.29 is 14.9 Å². The second kappa shape index (κ2) is 5.19. The molecule has 1 aliphatic rings. The second-order valence-corrected chi connectivity index (χ2v) is 5.28. The molecule has 0 unspecified atom stereocenters. The molecule has 3 heterocycles. The number of anilines is 1. The number of hydrogen-bond donors (Lipinski definition) is 3. The zero-order valence-electron chi connectivity index (χ0n) is 11.8. The van der Waals surface area contributed by atoms with Crippen LogP contribution in [0.25, 0.3) is 11.2 Å². The molecule has 9 heteroatoms. The molecule has 3 rings (SSSR count). The molecular formula is C12H18N6O3. The van der Waals surface area contributed by atoms with Gasteiger partial charge in [-0.1, -0.05) is 0 Å². The number of ether oxygens (including phenoxy) is 1. The Hall–Kier alpha value is -1.81. The first-order valence-electron chi connectivity index (χ1n) is 6.58. The average Bonchev–Trinajstić information content (AvgIpc) is 3.00. The standard InChI is InChI=1S/C12H18N6O3/c1-17(2)8-6(3-19)21-12(9(8)20)18-5-16-7-10(13)14-4-15-11(7)18/h4-6,8-9,12,19-20H,3H2,1-2H3,(H2,13,14,15)/t6-,8-,9+,12-/m1/s1. The van der Waals surface area contributed by atoms with Crippen LogP contribution >= 0.6 is 0 Å². The molecule has 1 fully saturated rings. The first-order valence-corrected chi connectivity index (χ1v) is 6.58. The van der Waals surface area contributed by atoms with Gasteiger partial charge < -0.3 is 25.6 Å². The molecule has 0 bridgehead atoms. The van der Waals surface area contributed by atoms with Crippen LogP contribution in [0, 0.1) is 0 Å². The van der Waals surface area contributed by atoms with Gasteiger partial charge in [0.2, 0.25) is 0 Å². The molecular weight excluding hydrogens is 276 g/mol. The van der Waals surface area contributed by atoms with Crippen LogP contribution in [-0.2, 0) is 4.74 Å². The lowest BCUT2D eigenvalue weighted by molar-refractivity contribution is -0.0495. The number of aliphatic hydroxyl groups is 2. The van der Waals surface area contributed by atoms with Crippen molar-refractivity contribution in [3.8, 4) is 0 Å². The molecule has 0 aliphatic carbocycles. The lowest BCUT2D eigenvalue weighted by atomic mass is 10.1. The van der Waals surface area contributed by atoms with Crippen molar-refractivity contribution in [2.75, 3.05) is 26.4 Å². The molecule has 2 aromatic heterocycles. The largest absolute Gasteiger partial charge is 0.394 e. The Morgan fingerprint density at radius 3 is 2.76 bits per heavy atom. The molecule has 2 aromatic rings. The minimum atomic E-state index is -0.828. The van der Waals surface area contributed by atoms with Gasteiger partial charge in [-0.3, -0.25) is 4.57 Å². The van der Waals surface area contributed by atoms with Gasteiger partial charge >= 0.3 is 0 Å². The number of imidazole rings is 1. The average molecular weight is 294 g/mol. The highest BCUT2D eigenvalue weighted by atomic mass is 16.5. The summed E-state index contributed by atoms with van der Waals surface area (Å²) >= 11 is 0. The van der Waals surface area contributed by atoms with Crippen LogP contribution in [0.2, 0.25) is 0 Å². The van der Waals surface area contributed by atoms with Crippen LogP contribution in [0.1, 0.15) is 6.23 Å². The Kier molecular flexibility index (Phi) is 3.49. The van der Waals surface area contributed by atoms with Gasteiger partial charge in [0.15, 0.2) is 17.7 Å². The Morgan fingerprint density at radius 1 is 1.38 bits per heavy atom. The number of rotatable bonds is 3. The van der Waals surface area contributed by atoms with E-state index in [9.17, 15) is 10.2 Å². The maximum absolute atomic E-state index is 10.5. The topological polar surface area (TPSA) is 123 Å². The molecule has 0 spiro atoms. The fourth-order valence-corrected chi connectivity index (χ4v) is 2.80. The van der Waals surface area contributed by atoms with Crippen molar-refractivity contribution in [1.29, 1.82) is 0 Å². The summed E-state index contributed by atoms with van der Waals surface area (Å²) in [5.41, 5.74) is 6.70. The number of hydrogen-bond acceptors (Lipinski definition) is 8. The zero-order chi connectivity index (χ0) is 15.1. The normalized spacial score (nSPS) is 29.6. The highest BCUT2D eigenvalue weighted by Crippen LogP contribution is 2.33. The van der Waals surface area contributed by atoms with Crippen molar-refractivity contribution in [2.45, 2.75) is 24.5 Å². The van der Waals surface area contributed by atoms with E-state index in [-0.39, 0.29) is 18.5 Å². The summed E-state index contributed by atoms with van der Waals surface area (Å²) in [6.07, 6.45) is 0.844. The van der Waals surface area contributed by atoms with Crippen LogP contribution in [0.15, 0.2) is 12.7 Å². The summed E-state index contributed by atoms with van der Waals surface area (Å²) in [5.74, 6) is 0.272. The minimum absolute atomic E-state index is 0.180. The number of likely N-dealkylation sites (N-methyl/N-ethyl adjacent to an activating group) is 1. The molecule has 1 saturated heterocycles. The second-order valence-electron chi connectivity index (χ2n) is 5.28. The number of nitrogen functional groups attached to an aromatic ring is 1. The van der Waals surface area contributed by atoms with E-state index >= 15 is 0 Å². The van der Waals surface area contributed by atoms with E-state index < -0.39 is 18.4 Å². The maximum Gasteiger partial charge on any atom is 0.167 e. The fourth-order valence-electron chi connectivity index (χ4n) is 2.80. The highest BCUT2D eigenvalue weighted by Gasteiger charge is 2.45. The lowest BCUT2D eigenvalue weighted by Gasteiger charge is -2.25. The van der Waals surface area contributed by atoms with Crippen LogP contribution in [-0.4, -0.2) is 73.6 Å². The van der Waals surface area contributed by atoms with Crippen molar-refractivity contribution in [2.24, 2.45) is 0 Å². The predicted octanol–water partition coefficient (Wildman–Crippen LogP) is -1.41. The number of aromatic nitrogens is 4. The fraction of sp³-hybridized carbons (Fsp3) is 0.583. The van der Waals surface area contributed by atoms with Gasteiger partial charge in [-0.25, -0.2) is 15.0 Å². The van der Waals surface area contributed by atoms with Gasteiger partial charge in [0.05, 0.1) is 19.0 Å². The smallest absolute Gasteiger partial charge is 0.167 e. The molecule has 9 nitrogen and oxygen atoms in total. The summed E-state index contributed by atoms with van der Waals surface area (Å²) in [5, 5.41) is 20.0. The van der Waals surface area contributed by atoms with Gasteiger partial charge in [-0.15, -0.1) is 0 Å². The first-order chi connectivity index (χ1) is 10.0. The van der Waals surface area contributed by atoms with E-state index in [1.807, 2.05) is 19.0 Å². The van der Waals surface area contributed by atoms with Crippen LogP contribution in [0.5, 0.6) is 0 Å². The number of fused-ring (bicyclic) bond motifs is 1.